The molecule has 1 aromatic carbocycles. The summed E-state index contributed by atoms with van der Waals surface area (Å²) in [6, 6.07) is 4.41. The standard InChI is InChI=1S/C13H13FO2S/c1-13(2,3)10-8-6-7(14)4-5-9(8)17-11(10)12(15)16/h4-6H,1-3H3,(H,15,16). The van der Waals surface area contributed by atoms with Crippen molar-refractivity contribution in [1.29, 1.82) is 0 Å². The molecule has 1 N–H and O–H groups in total. The van der Waals surface area contributed by atoms with Crippen LogP contribution < -0.4 is 0 Å². The summed E-state index contributed by atoms with van der Waals surface area (Å²) in [5, 5.41) is 9.92. The monoisotopic (exact) mass is 252 g/mol. The van der Waals surface area contributed by atoms with Gasteiger partial charge in [0, 0.05) is 4.70 Å². The third-order valence-electron chi connectivity index (χ3n) is 2.59. The Hall–Kier alpha value is -1.42. The number of hydrogen-bond donors (Lipinski definition) is 1. The molecule has 2 nitrogen and oxygen atoms in total. The first-order valence-corrected chi connectivity index (χ1v) is 6.08. The molecular weight excluding hydrogens is 239 g/mol. The maximum Gasteiger partial charge on any atom is 0.346 e. The highest BCUT2D eigenvalue weighted by molar-refractivity contribution is 7.21. The van der Waals surface area contributed by atoms with Crippen molar-refractivity contribution in [1.82, 2.24) is 0 Å². The van der Waals surface area contributed by atoms with E-state index in [1.54, 1.807) is 6.07 Å². The van der Waals surface area contributed by atoms with Gasteiger partial charge in [0.1, 0.15) is 10.7 Å². The maximum absolute atomic E-state index is 13.3. The molecule has 4 heteroatoms. The van der Waals surface area contributed by atoms with E-state index in [1.165, 1.54) is 23.5 Å². The summed E-state index contributed by atoms with van der Waals surface area (Å²) in [5.41, 5.74) is 0.393. The average molecular weight is 252 g/mol. The summed E-state index contributed by atoms with van der Waals surface area (Å²) in [5.74, 6) is -1.28. The number of carboxylic acids is 1. The van der Waals surface area contributed by atoms with Gasteiger partial charge in [-0.15, -0.1) is 11.3 Å². The number of carboxylic acid groups (broad SMARTS) is 1. The van der Waals surface area contributed by atoms with Gasteiger partial charge in [-0.05, 0) is 34.6 Å². The van der Waals surface area contributed by atoms with Crippen molar-refractivity contribution < 1.29 is 14.3 Å². The second-order valence-electron chi connectivity index (χ2n) is 5.00. The topological polar surface area (TPSA) is 37.3 Å². The van der Waals surface area contributed by atoms with Crippen LogP contribution in [0.4, 0.5) is 4.39 Å². The van der Waals surface area contributed by atoms with E-state index in [2.05, 4.69) is 0 Å². The molecule has 0 unspecified atom stereocenters. The lowest BCUT2D eigenvalue weighted by Crippen LogP contribution is -2.14. The van der Waals surface area contributed by atoms with E-state index >= 15 is 0 Å². The molecule has 0 amide bonds. The van der Waals surface area contributed by atoms with Crippen LogP contribution in [-0.4, -0.2) is 11.1 Å². The lowest BCUT2D eigenvalue weighted by molar-refractivity contribution is 0.0700. The van der Waals surface area contributed by atoms with Crippen LogP contribution in [0.25, 0.3) is 10.1 Å². The zero-order chi connectivity index (χ0) is 12.8. The van der Waals surface area contributed by atoms with Crippen LogP contribution in [0.15, 0.2) is 18.2 Å². The van der Waals surface area contributed by atoms with Gasteiger partial charge >= 0.3 is 5.97 Å². The van der Waals surface area contributed by atoms with Crippen LogP contribution in [0.5, 0.6) is 0 Å². The average Bonchev–Trinajstić information content (AvgIpc) is 2.55. The summed E-state index contributed by atoms with van der Waals surface area (Å²) in [4.78, 5) is 11.5. The summed E-state index contributed by atoms with van der Waals surface area (Å²) < 4.78 is 14.1. The normalized spacial score (nSPS) is 12.0. The number of aromatic carboxylic acids is 1. The molecule has 2 rings (SSSR count). The molecule has 2 aromatic rings. The molecule has 0 spiro atoms. The maximum atomic E-state index is 13.3. The first-order valence-electron chi connectivity index (χ1n) is 5.26. The van der Waals surface area contributed by atoms with E-state index in [9.17, 15) is 14.3 Å². The van der Waals surface area contributed by atoms with Crippen molar-refractivity contribution in [2.45, 2.75) is 26.2 Å². The molecule has 0 aliphatic rings. The summed E-state index contributed by atoms with van der Waals surface area (Å²) in [7, 11) is 0. The van der Waals surface area contributed by atoms with Gasteiger partial charge in [-0.3, -0.25) is 0 Å². The number of benzene rings is 1. The highest BCUT2D eigenvalue weighted by atomic mass is 32.1. The van der Waals surface area contributed by atoms with E-state index in [0.29, 0.717) is 15.8 Å². The number of thiophene rings is 1. The second-order valence-corrected chi connectivity index (χ2v) is 6.05. The van der Waals surface area contributed by atoms with Gasteiger partial charge in [-0.1, -0.05) is 20.8 Å². The Kier molecular flexibility index (Phi) is 2.70. The first-order chi connectivity index (χ1) is 7.80. The lowest BCUT2D eigenvalue weighted by Gasteiger charge is -2.19. The predicted molar refractivity (Wildman–Crippen MR) is 67.4 cm³/mol. The SMILES string of the molecule is CC(C)(C)c1c(C(=O)O)sc2ccc(F)cc12. The van der Waals surface area contributed by atoms with Gasteiger partial charge in [-0.2, -0.15) is 0 Å². The summed E-state index contributed by atoms with van der Waals surface area (Å²) in [6.45, 7) is 5.81. The zero-order valence-electron chi connectivity index (χ0n) is 9.87. The Balaban J connectivity index is 2.87. The van der Waals surface area contributed by atoms with Crippen molar-refractivity contribution in [2.24, 2.45) is 0 Å². The van der Waals surface area contributed by atoms with Crippen LogP contribution in [0.3, 0.4) is 0 Å². The molecular formula is C13H13FO2S. The number of hydrogen-bond acceptors (Lipinski definition) is 2. The highest BCUT2D eigenvalue weighted by Crippen LogP contribution is 2.39. The van der Waals surface area contributed by atoms with Gasteiger partial charge in [0.25, 0.3) is 0 Å². The Morgan fingerprint density at radius 3 is 2.53 bits per heavy atom. The molecule has 1 heterocycles. The quantitative estimate of drug-likeness (QED) is 0.831. The van der Waals surface area contributed by atoms with Crippen molar-refractivity contribution in [2.75, 3.05) is 0 Å². The van der Waals surface area contributed by atoms with Crippen LogP contribution in [0, 0.1) is 5.82 Å². The smallest absolute Gasteiger partial charge is 0.346 e. The molecule has 0 aliphatic carbocycles. The van der Waals surface area contributed by atoms with Crippen molar-refractivity contribution in [3.63, 3.8) is 0 Å². The zero-order valence-corrected chi connectivity index (χ0v) is 10.7. The van der Waals surface area contributed by atoms with Crippen LogP contribution in [0.1, 0.15) is 36.0 Å². The molecule has 0 atom stereocenters. The van der Waals surface area contributed by atoms with Crippen molar-refractivity contribution >= 4 is 27.4 Å². The molecule has 1 aromatic heterocycles. The van der Waals surface area contributed by atoms with Gasteiger partial charge in [0.05, 0.1) is 0 Å². The fourth-order valence-corrected chi connectivity index (χ4v) is 3.20. The third kappa shape index (κ3) is 2.05. The first kappa shape index (κ1) is 12.0. The summed E-state index contributed by atoms with van der Waals surface area (Å²) in [6.07, 6.45) is 0. The molecule has 0 aliphatic heterocycles. The number of fused-ring (bicyclic) bond motifs is 1. The van der Waals surface area contributed by atoms with E-state index in [0.717, 1.165) is 4.70 Å². The third-order valence-corrected chi connectivity index (χ3v) is 3.75. The van der Waals surface area contributed by atoms with Crippen LogP contribution in [-0.2, 0) is 5.41 Å². The fourth-order valence-electron chi connectivity index (χ4n) is 1.97. The number of carbonyl (C=O) groups is 1. The van der Waals surface area contributed by atoms with Crippen LogP contribution >= 0.6 is 11.3 Å². The van der Waals surface area contributed by atoms with Crippen LogP contribution in [0.2, 0.25) is 0 Å². The van der Waals surface area contributed by atoms with E-state index in [1.807, 2.05) is 20.8 Å². The highest BCUT2D eigenvalue weighted by Gasteiger charge is 2.27. The molecule has 0 fully saturated rings. The minimum absolute atomic E-state index is 0.304. The summed E-state index contributed by atoms with van der Waals surface area (Å²) >= 11 is 1.20. The Bertz CT molecular complexity index is 593. The Morgan fingerprint density at radius 1 is 1.35 bits per heavy atom. The van der Waals surface area contributed by atoms with Gasteiger partial charge in [-0.25, -0.2) is 9.18 Å². The van der Waals surface area contributed by atoms with Gasteiger partial charge < -0.3 is 5.11 Å². The molecule has 0 radical (unpaired) electrons. The predicted octanol–water partition coefficient (Wildman–Crippen LogP) is 4.04. The minimum Gasteiger partial charge on any atom is -0.477 e. The van der Waals surface area contributed by atoms with Crippen molar-refractivity contribution in [3.05, 3.63) is 34.5 Å². The van der Waals surface area contributed by atoms with E-state index in [-0.39, 0.29) is 11.2 Å². The molecule has 0 bridgehead atoms. The Labute approximate surface area is 103 Å². The van der Waals surface area contributed by atoms with Gasteiger partial charge in [0.15, 0.2) is 0 Å². The van der Waals surface area contributed by atoms with Gasteiger partial charge in [0.2, 0.25) is 0 Å². The Morgan fingerprint density at radius 2 is 2.00 bits per heavy atom. The largest absolute Gasteiger partial charge is 0.477 e. The second kappa shape index (κ2) is 3.81. The number of halogens is 1. The molecule has 0 saturated carbocycles. The number of rotatable bonds is 1. The van der Waals surface area contributed by atoms with Crippen molar-refractivity contribution in [3.8, 4) is 0 Å². The minimum atomic E-state index is -0.948. The molecule has 17 heavy (non-hydrogen) atoms. The molecule has 90 valence electrons. The van der Waals surface area contributed by atoms with E-state index < -0.39 is 5.97 Å². The lowest BCUT2D eigenvalue weighted by atomic mass is 9.85. The van der Waals surface area contributed by atoms with E-state index in [4.69, 9.17) is 0 Å². The molecule has 0 saturated heterocycles. The fraction of sp³-hybridized carbons (Fsp3) is 0.308.